The smallest absolute Gasteiger partial charge is 0.282 e. The van der Waals surface area contributed by atoms with Crippen LogP contribution >= 0.6 is 0 Å². The second-order valence-corrected chi connectivity index (χ2v) is 11.6. The molecule has 1 aliphatic heterocycles. The molecule has 0 amide bonds. The summed E-state index contributed by atoms with van der Waals surface area (Å²) in [7, 11) is 1.53. The normalized spacial score (nSPS) is 20.7. The Hall–Kier alpha value is -4.04. The molecule has 2 atom stereocenters. The average Bonchev–Trinajstić information content (AvgIpc) is 3.77. The van der Waals surface area contributed by atoms with Crippen molar-refractivity contribution in [2.45, 2.75) is 83.0 Å². The summed E-state index contributed by atoms with van der Waals surface area (Å²) in [6.07, 6.45) is 0.221. The van der Waals surface area contributed by atoms with Crippen molar-refractivity contribution in [2.75, 3.05) is 13.7 Å². The Morgan fingerprint density at radius 2 is 1.83 bits per heavy atom. The maximum Gasteiger partial charge on any atom is 0.282 e. The zero-order valence-electron chi connectivity index (χ0n) is 25.8. The van der Waals surface area contributed by atoms with E-state index in [-0.39, 0.29) is 17.7 Å². The molecule has 4 aromatic rings. The lowest BCUT2D eigenvalue weighted by Crippen LogP contribution is -2.36. The van der Waals surface area contributed by atoms with Gasteiger partial charge >= 0.3 is 0 Å². The molecule has 2 aromatic heterocycles. The van der Waals surface area contributed by atoms with Crippen LogP contribution < -0.4 is 11.0 Å². The molecule has 13 heteroatoms. The van der Waals surface area contributed by atoms with Crippen LogP contribution in [-0.4, -0.2) is 68.9 Å². The van der Waals surface area contributed by atoms with Crippen LogP contribution in [0.15, 0.2) is 64.6 Å². The quantitative estimate of drug-likeness (QED) is 0.234. The summed E-state index contributed by atoms with van der Waals surface area (Å²) in [6.45, 7) is 1.66. The van der Waals surface area contributed by atoms with Crippen LogP contribution in [0.1, 0.15) is 67.5 Å². The number of methoxy groups -OCH3 is 1. The SMILES string of the molecule is CCCc1c(Cc2ccc(-c3ccccc3C3=NC(OC)ON3)cc2)c(=O)n(C2CCC(OCC(O)C(F)F)CC2)c2ncnn12. The third-order valence-electron chi connectivity index (χ3n) is 8.64. The number of hydrogen-bond donors (Lipinski definition) is 2. The number of amidine groups is 1. The number of benzene rings is 2. The van der Waals surface area contributed by atoms with Crippen molar-refractivity contribution in [3.63, 3.8) is 0 Å². The predicted octanol–water partition coefficient (Wildman–Crippen LogP) is 4.44. The summed E-state index contributed by atoms with van der Waals surface area (Å²) in [5.41, 5.74) is 8.11. The van der Waals surface area contributed by atoms with E-state index >= 15 is 0 Å². The lowest BCUT2D eigenvalue weighted by molar-refractivity contribution is -0.125. The topological polar surface area (TPSA) is 124 Å². The maximum absolute atomic E-state index is 14.3. The highest BCUT2D eigenvalue weighted by atomic mass is 19.3. The van der Waals surface area contributed by atoms with Gasteiger partial charge < -0.3 is 14.6 Å². The van der Waals surface area contributed by atoms with Crippen LogP contribution in [0.4, 0.5) is 8.78 Å². The van der Waals surface area contributed by atoms with Gasteiger partial charge in [0.05, 0.1) is 18.4 Å². The van der Waals surface area contributed by atoms with E-state index in [1.54, 1.807) is 9.08 Å². The number of halogens is 2. The van der Waals surface area contributed by atoms with Crippen LogP contribution in [0.2, 0.25) is 0 Å². The third-order valence-corrected chi connectivity index (χ3v) is 8.64. The Morgan fingerprint density at radius 3 is 2.50 bits per heavy atom. The van der Waals surface area contributed by atoms with Gasteiger partial charge in [0.15, 0.2) is 5.84 Å². The lowest BCUT2D eigenvalue weighted by atomic mass is 9.92. The number of aliphatic hydroxyl groups is 1. The van der Waals surface area contributed by atoms with Crippen molar-refractivity contribution in [3.8, 4) is 11.1 Å². The summed E-state index contributed by atoms with van der Waals surface area (Å²) >= 11 is 0. The summed E-state index contributed by atoms with van der Waals surface area (Å²) in [5.74, 6) is 1.09. The van der Waals surface area contributed by atoms with Gasteiger partial charge in [-0.1, -0.05) is 61.9 Å². The minimum absolute atomic E-state index is 0.0890. The number of nitrogens with one attached hydrogen (secondary N) is 1. The van der Waals surface area contributed by atoms with Gasteiger partial charge in [-0.3, -0.25) is 9.36 Å². The number of hydrogen-bond acceptors (Lipinski definition) is 9. The van der Waals surface area contributed by atoms with Gasteiger partial charge in [0.25, 0.3) is 18.4 Å². The molecule has 1 fully saturated rings. The highest BCUT2D eigenvalue weighted by Crippen LogP contribution is 2.31. The summed E-state index contributed by atoms with van der Waals surface area (Å²) in [4.78, 5) is 28.5. The summed E-state index contributed by atoms with van der Waals surface area (Å²) in [6, 6.07) is 15.9. The molecule has 2 aromatic carbocycles. The first-order valence-electron chi connectivity index (χ1n) is 15.6. The average molecular weight is 637 g/mol. The molecule has 244 valence electrons. The Bertz CT molecular complexity index is 1730. The molecule has 2 aliphatic rings. The van der Waals surface area contributed by atoms with Gasteiger partial charge in [-0.05, 0) is 48.8 Å². The first-order valence-corrected chi connectivity index (χ1v) is 15.6. The van der Waals surface area contributed by atoms with Crippen LogP contribution in [-0.2, 0) is 27.2 Å². The molecule has 0 radical (unpaired) electrons. The first kappa shape index (κ1) is 31.9. The van der Waals surface area contributed by atoms with Gasteiger partial charge in [-0.15, -0.1) is 0 Å². The largest absolute Gasteiger partial charge is 0.385 e. The molecule has 11 nitrogen and oxygen atoms in total. The molecule has 0 saturated heterocycles. The molecule has 3 heterocycles. The maximum atomic E-state index is 14.3. The zero-order valence-corrected chi connectivity index (χ0v) is 25.8. The monoisotopic (exact) mass is 636 g/mol. The number of alkyl halides is 2. The number of aliphatic hydroxyl groups excluding tert-OH is 1. The molecule has 2 N–H and O–H groups in total. The van der Waals surface area contributed by atoms with E-state index in [0.29, 0.717) is 55.7 Å². The second-order valence-electron chi connectivity index (χ2n) is 11.6. The van der Waals surface area contributed by atoms with Crippen LogP contribution in [0.3, 0.4) is 0 Å². The Balaban J connectivity index is 1.26. The number of hydroxylamine groups is 1. The van der Waals surface area contributed by atoms with Gasteiger partial charge in [-0.25, -0.2) is 28.6 Å². The van der Waals surface area contributed by atoms with E-state index in [0.717, 1.165) is 34.4 Å². The third kappa shape index (κ3) is 6.59. The van der Waals surface area contributed by atoms with E-state index < -0.39 is 25.6 Å². The number of aryl methyl sites for hydroxylation is 1. The number of ether oxygens (including phenoxy) is 2. The Morgan fingerprint density at radius 1 is 1.09 bits per heavy atom. The highest BCUT2D eigenvalue weighted by molar-refractivity contribution is 6.04. The van der Waals surface area contributed by atoms with Crippen molar-refractivity contribution < 1.29 is 28.2 Å². The predicted molar refractivity (Wildman–Crippen MR) is 167 cm³/mol. The molecule has 0 bridgehead atoms. The van der Waals surface area contributed by atoms with Crippen molar-refractivity contribution >= 4 is 11.6 Å². The Labute approximate surface area is 264 Å². The fourth-order valence-corrected chi connectivity index (χ4v) is 6.29. The standard InChI is InChI=1S/C33H38F2N6O5/c1-3-6-27-26(17-20-9-11-21(12-10-20)24-7-4-5-8-25(24)30-38-33(44-2)46-39-30)31(43)40(32-36-19-37-41(27)32)22-13-15-23(16-14-22)45-18-28(42)29(34)35/h4-5,7-12,19,22-23,28-29,33,42H,3,6,13-18H2,1-2H3,(H,38,39). The molecule has 0 spiro atoms. The number of fused-ring (bicyclic) bond motifs is 1. The van der Waals surface area contributed by atoms with E-state index in [1.165, 1.54) is 13.4 Å². The van der Waals surface area contributed by atoms with Crippen LogP contribution in [0.5, 0.6) is 0 Å². The number of aliphatic imine (C=N–C) groups is 1. The number of rotatable bonds is 12. The minimum Gasteiger partial charge on any atom is -0.385 e. The van der Waals surface area contributed by atoms with E-state index in [1.807, 2.05) is 48.5 Å². The summed E-state index contributed by atoms with van der Waals surface area (Å²) in [5, 5.41) is 13.9. The number of aromatic nitrogens is 4. The van der Waals surface area contributed by atoms with Crippen molar-refractivity contribution in [3.05, 3.63) is 87.6 Å². The highest BCUT2D eigenvalue weighted by Gasteiger charge is 2.29. The lowest BCUT2D eigenvalue weighted by Gasteiger charge is -2.31. The van der Waals surface area contributed by atoms with Crippen molar-refractivity contribution in [1.82, 2.24) is 24.6 Å². The zero-order chi connectivity index (χ0) is 32.2. The fourth-order valence-electron chi connectivity index (χ4n) is 6.29. The molecule has 6 rings (SSSR count). The number of nitrogens with zero attached hydrogens (tertiary/aromatic N) is 5. The summed E-state index contributed by atoms with van der Waals surface area (Å²) < 4.78 is 39.7. The van der Waals surface area contributed by atoms with Crippen LogP contribution in [0, 0.1) is 0 Å². The Kier molecular flexibility index (Phi) is 9.83. The molecular formula is C33H38F2N6O5. The second kappa shape index (κ2) is 14.2. The van der Waals surface area contributed by atoms with Gasteiger partial charge in [0, 0.05) is 30.7 Å². The molecule has 1 aliphatic carbocycles. The first-order chi connectivity index (χ1) is 22.4. The fraction of sp³-hybridized carbons (Fsp3) is 0.455. The molecule has 2 unspecified atom stereocenters. The van der Waals surface area contributed by atoms with Crippen LogP contribution in [0.25, 0.3) is 16.9 Å². The van der Waals surface area contributed by atoms with E-state index in [4.69, 9.17) is 14.3 Å². The van der Waals surface area contributed by atoms with E-state index in [2.05, 4.69) is 27.5 Å². The molecular weight excluding hydrogens is 598 g/mol. The van der Waals surface area contributed by atoms with Gasteiger partial charge in [0.2, 0.25) is 5.78 Å². The van der Waals surface area contributed by atoms with E-state index in [9.17, 15) is 18.7 Å². The van der Waals surface area contributed by atoms with Gasteiger partial charge in [0.1, 0.15) is 12.4 Å². The van der Waals surface area contributed by atoms with Gasteiger partial charge in [-0.2, -0.15) is 10.1 Å². The minimum atomic E-state index is -2.84. The molecule has 1 saturated carbocycles. The molecule has 46 heavy (non-hydrogen) atoms. The van der Waals surface area contributed by atoms with Crippen molar-refractivity contribution in [2.24, 2.45) is 4.99 Å². The van der Waals surface area contributed by atoms with Crippen molar-refractivity contribution in [1.29, 1.82) is 0 Å².